The fraction of sp³-hybridized carbons (Fsp3) is 0.839. The van der Waals surface area contributed by atoms with Crippen molar-refractivity contribution in [3.05, 3.63) is 12.2 Å². The predicted octanol–water partition coefficient (Wildman–Crippen LogP) is 4.99. The summed E-state index contributed by atoms with van der Waals surface area (Å²) in [7, 11) is 1.78. The number of alkyl carbamates (subject to hydrolysis) is 1. The van der Waals surface area contributed by atoms with Gasteiger partial charge in [0.25, 0.3) is 0 Å². The zero-order valence-electron chi connectivity index (χ0n) is 24.3. The van der Waals surface area contributed by atoms with Gasteiger partial charge in [-0.15, -0.1) is 0 Å². The molecule has 38 heavy (non-hydrogen) atoms. The van der Waals surface area contributed by atoms with Crippen molar-refractivity contribution in [1.82, 2.24) is 10.2 Å². The lowest BCUT2D eigenvalue weighted by atomic mass is 9.43. The largest absolute Gasteiger partial charge is 0.445 e. The number of nitrogens with zero attached hydrogens (tertiary/aromatic N) is 1. The maximum atomic E-state index is 14.3. The highest BCUT2D eigenvalue weighted by Crippen LogP contribution is 2.68. The summed E-state index contributed by atoms with van der Waals surface area (Å²) >= 11 is 0. The molecular weight excluding hydrogens is 480 g/mol. The van der Waals surface area contributed by atoms with Crippen LogP contribution >= 0.6 is 0 Å². The number of fused-ring (bicyclic) bond motifs is 2. The number of carbonyl (C=O) groups is 3. The minimum absolute atomic E-state index is 0.0248. The Bertz CT molecular complexity index is 997. The van der Waals surface area contributed by atoms with Crippen LogP contribution in [0.3, 0.4) is 0 Å². The zero-order valence-corrected chi connectivity index (χ0v) is 24.3. The number of hydrogen-bond donors (Lipinski definition) is 1. The Balaban J connectivity index is 1.49. The maximum Gasteiger partial charge on any atom is 0.414 e. The molecule has 3 aliphatic carbocycles. The summed E-state index contributed by atoms with van der Waals surface area (Å²) in [5.74, 6) is 0.538. The average Bonchev–Trinajstić information content (AvgIpc) is 3.63. The SMILES string of the molecule is C/C=C/C[C@]1(C)C[C@@H](OC(=O)NC(=O)[C@H]2CN3CC[C@H]2C3)[C@@]2(C)C3[C@H](OC)CCC3(CC[C@H]2C)[C@@H](C)C1=O. The third-order valence-corrected chi connectivity index (χ3v) is 12.1. The van der Waals surface area contributed by atoms with E-state index in [0.717, 1.165) is 51.7 Å². The summed E-state index contributed by atoms with van der Waals surface area (Å²) < 4.78 is 12.4. The number of ether oxygens (including phenoxy) is 2. The lowest BCUT2D eigenvalue weighted by molar-refractivity contribution is -0.191. The second-order valence-electron chi connectivity index (χ2n) is 13.8. The van der Waals surface area contributed by atoms with Crippen molar-refractivity contribution in [2.45, 2.75) is 91.8 Å². The van der Waals surface area contributed by atoms with Crippen molar-refractivity contribution in [3.8, 4) is 0 Å². The van der Waals surface area contributed by atoms with Gasteiger partial charge in [0.2, 0.25) is 5.91 Å². The number of hydrogen-bond acceptors (Lipinski definition) is 6. The number of carbonyl (C=O) groups excluding carboxylic acids is 3. The standard InChI is InChI=1S/C31H48N2O5/c1-7-8-12-29(4)16-24(38-28(36)32-27(35)22-18-33-15-11-21(22)17-33)30(5)19(2)9-13-31(20(3)26(29)34)14-10-23(37-6)25(30)31/h7-8,19-25H,9-18H2,1-6H3,(H,32,35,36)/b8-7+/t19-,20+,21+,22+,23-,24-,25?,29-,30+,31?/m1/s1. The van der Waals surface area contributed by atoms with Crippen LogP contribution in [-0.4, -0.2) is 61.6 Å². The molecule has 0 aromatic carbocycles. The normalized spacial score (nSPS) is 48.0. The second kappa shape index (κ2) is 10.0. The Kier molecular flexibility index (Phi) is 7.34. The van der Waals surface area contributed by atoms with Crippen molar-refractivity contribution >= 4 is 17.8 Å². The molecule has 0 aromatic rings. The predicted molar refractivity (Wildman–Crippen MR) is 145 cm³/mol. The number of imide groups is 1. The van der Waals surface area contributed by atoms with Crippen molar-refractivity contribution in [2.24, 2.45) is 45.8 Å². The van der Waals surface area contributed by atoms with Crippen molar-refractivity contribution in [3.63, 3.8) is 0 Å². The molecule has 3 saturated carbocycles. The smallest absolute Gasteiger partial charge is 0.414 e. The molecule has 0 radical (unpaired) electrons. The number of piperidine rings is 1. The van der Waals surface area contributed by atoms with E-state index in [1.54, 1.807) is 7.11 Å². The fourth-order valence-electron chi connectivity index (χ4n) is 9.66. The van der Waals surface area contributed by atoms with Gasteiger partial charge in [-0.2, -0.15) is 0 Å². The Morgan fingerprint density at radius 1 is 1.13 bits per heavy atom. The summed E-state index contributed by atoms with van der Waals surface area (Å²) in [5, 5.41) is 2.61. The van der Waals surface area contributed by atoms with Gasteiger partial charge in [0.05, 0.1) is 12.0 Å². The Morgan fingerprint density at radius 3 is 2.50 bits per heavy atom. The van der Waals surface area contributed by atoms with Crippen LogP contribution in [0.25, 0.3) is 0 Å². The highest BCUT2D eigenvalue weighted by Gasteiger charge is 2.68. The molecule has 7 heteroatoms. The number of allylic oxidation sites excluding steroid dienone is 2. The van der Waals surface area contributed by atoms with Crippen molar-refractivity contribution in [2.75, 3.05) is 26.7 Å². The molecular formula is C31H48N2O5. The van der Waals surface area contributed by atoms with Gasteiger partial charge in [0.1, 0.15) is 11.9 Å². The Hall–Kier alpha value is -1.73. The Labute approximate surface area is 228 Å². The number of ketones is 1. The maximum absolute atomic E-state index is 14.3. The van der Waals surface area contributed by atoms with E-state index < -0.39 is 17.6 Å². The third-order valence-electron chi connectivity index (χ3n) is 12.1. The van der Waals surface area contributed by atoms with Gasteiger partial charge in [0, 0.05) is 42.9 Å². The molecule has 212 valence electrons. The van der Waals surface area contributed by atoms with Crippen LogP contribution in [0.15, 0.2) is 12.2 Å². The van der Waals surface area contributed by atoms with Crippen LogP contribution in [0, 0.1) is 45.8 Å². The second-order valence-corrected chi connectivity index (χ2v) is 13.8. The summed E-state index contributed by atoms with van der Waals surface area (Å²) in [6, 6.07) is 0. The van der Waals surface area contributed by atoms with E-state index in [-0.39, 0.29) is 52.3 Å². The molecule has 4 bridgehead atoms. The highest BCUT2D eigenvalue weighted by molar-refractivity contribution is 5.93. The molecule has 7 nitrogen and oxygen atoms in total. The summed E-state index contributed by atoms with van der Waals surface area (Å²) in [4.78, 5) is 43.1. The monoisotopic (exact) mass is 528 g/mol. The summed E-state index contributed by atoms with van der Waals surface area (Å²) in [5.41, 5.74) is -1.19. The van der Waals surface area contributed by atoms with E-state index >= 15 is 0 Å². The Morgan fingerprint density at radius 2 is 1.87 bits per heavy atom. The molecule has 11 atom stereocenters. The van der Waals surface area contributed by atoms with Gasteiger partial charge < -0.3 is 14.4 Å². The van der Waals surface area contributed by atoms with Gasteiger partial charge in [-0.25, -0.2) is 4.79 Å². The topological polar surface area (TPSA) is 84.9 Å². The minimum Gasteiger partial charge on any atom is -0.445 e. The van der Waals surface area contributed by atoms with Crippen LogP contribution in [0.5, 0.6) is 0 Å². The molecule has 1 N–H and O–H groups in total. The van der Waals surface area contributed by atoms with Gasteiger partial charge in [0.15, 0.2) is 0 Å². The van der Waals surface area contributed by atoms with Gasteiger partial charge >= 0.3 is 6.09 Å². The molecule has 5 fully saturated rings. The molecule has 0 aromatic heterocycles. The number of amides is 2. The first-order valence-electron chi connectivity index (χ1n) is 14.9. The van der Waals surface area contributed by atoms with Gasteiger partial charge in [-0.05, 0) is 75.7 Å². The lowest BCUT2D eigenvalue weighted by Crippen LogP contribution is -2.63. The van der Waals surface area contributed by atoms with E-state index in [9.17, 15) is 14.4 Å². The molecule has 0 spiro atoms. The van der Waals surface area contributed by atoms with E-state index in [1.807, 2.05) is 13.0 Å². The third kappa shape index (κ3) is 4.18. The van der Waals surface area contributed by atoms with Crippen LogP contribution in [0.4, 0.5) is 4.79 Å². The molecule has 2 heterocycles. The van der Waals surface area contributed by atoms with Crippen LogP contribution in [0.2, 0.25) is 0 Å². The number of methoxy groups -OCH3 is 1. The number of nitrogens with one attached hydrogen (secondary N) is 1. The van der Waals surface area contributed by atoms with Crippen molar-refractivity contribution < 1.29 is 23.9 Å². The first-order chi connectivity index (χ1) is 18.0. The van der Waals surface area contributed by atoms with Crippen molar-refractivity contribution in [1.29, 1.82) is 0 Å². The quantitative estimate of drug-likeness (QED) is 0.506. The van der Waals surface area contributed by atoms with Crippen LogP contribution in [0.1, 0.15) is 79.6 Å². The molecule has 2 aliphatic heterocycles. The first-order valence-corrected chi connectivity index (χ1v) is 14.9. The van der Waals surface area contributed by atoms with Gasteiger partial charge in [-0.3, -0.25) is 14.9 Å². The molecule has 2 amide bonds. The van der Waals surface area contributed by atoms with Crippen LogP contribution < -0.4 is 5.32 Å². The van der Waals surface area contributed by atoms with Crippen LogP contribution in [-0.2, 0) is 19.1 Å². The fourth-order valence-corrected chi connectivity index (χ4v) is 9.66. The number of Topliss-reactive ketones (excluding diaryl/α,β-unsaturated/α-hetero) is 1. The van der Waals surface area contributed by atoms with E-state index in [2.05, 4.69) is 44.0 Å². The van der Waals surface area contributed by atoms with E-state index in [4.69, 9.17) is 9.47 Å². The van der Waals surface area contributed by atoms with E-state index in [0.29, 0.717) is 18.8 Å². The summed E-state index contributed by atoms with van der Waals surface area (Å²) in [6.07, 6.45) is 8.88. The molecule has 3 unspecified atom stereocenters. The molecule has 5 rings (SSSR count). The minimum atomic E-state index is -0.663. The average molecular weight is 529 g/mol. The summed E-state index contributed by atoms with van der Waals surface area (Å²) in [6.45, 7) is 13.4. The zero-order chi connectivity index (χ0) is 27.5. The molecule has 2 saturated heterocycles. The molecule has 5 aliphatic rings. The lowest BCUT2D eigenvalue weighted by Gasteiger charge is -2.61. The van der Waals surface area contributed by atoms with Gasteiger partial charge in [-0.1, -0.05) is 39.8 Å². The highest BCUT2D eigenvalue weighted by atomic mass is 16.6. The van der Waals surface area contributed by atoms with E-state index in [1.165, 1.54) is 0 Å². The first kappa shape index (κ1) is 27.8. The number of rotatable bonds is 5.